The Kier molecular flexibility index (Phi) is 9.24. The van der Waals surface area contributed by atoms with E-state index in [1.807, 2.05) is 37.5 Å². The lowest BCUT2D eigenvalue weighted by molar-refractivity contribution is 0.312. The van der Waals surface area contributed by atoms with Crippen molar-refractivity contribution in [1.82, 2.24) is 20.5 Å². The van der Waals surface area contributed by atoms with Gasteiger partial charge in [0.2, 0.25) is 0 Å². The number of hydrogen-bond acceptors (Lipinski definition) is 5. The molecule has 2 N–H and O–H groups in total. The smallest absolute Gasteiger partial charge is 0.191 e. The van der Waals surface area contributed by atoms with Crippen LogP contribution in [0.4, 0.5) is 11.5 Å². The number of hydrogen-bond donors (Lipinski definition) is 2. The molecule has 2 fully saturated rings. The minimum Gasteiger partial charge on any atom is -0.369 e. The maximum atomic E-state index is 6.16. The van der Waals surface area contributed by atoms with Gasteiger partial charge in [0.15, 0.2) is 5.96 Å². The molecular formula is C23H33ClIN7. The van der Waals surface area contributed by atoms with E-state index in [0.717, 1.165) is 62.5 Å². The summed E-state index contributed by atoms with van der Waals surface area (Å²) in [6.45, 7) is 6.78. The molecular weight excluding hydrogens is 537 g/mol. The van der Waals surface area contributed by atoms with E-state index in [9.17, 15) is 0 Å². The SMILES string of the molecule is CN=C(NCc1cccnc1N1CCN(C)CC1)NC1CCN(c2cccc(Cl)c2)C1.I. The summed E-state index contributed by atoms with van der Waals surface area (Å²) < 4.78 is 0. The minimum atomic E-state index is 0. The highest BCUT2D eigenvalue weighted by Gasteiger charge is 2.24. The molecule has 1 aromatic carbocycles. The first-order valence-corrected chi connectivity index (χ1v) is 11.4. The van der Waals surface area contributed by atoms with Crippen molar-refractivity contribution in [3.63, 3.8) is 0 Å². The van der Waals surface area contributed by atoms with Crippen LogP contribution in [-0.4, -0.2) is 75.2 Å². The average molecular weight is 570 g/mol. The van der Waals surface area contributed by atoms with E-state index in [-0.39, 0.29) is 24.0 Å². The molecule has 0 bridgehead atoms. The van der Waals surface area contributed by atoms with Gasteiger partial charge in [0.25, 0.3) is 0 Å². The van der Waals surface area contributed by atoms with Gasteiger partial charge in [-0.25, -0.2) is 4.98 Å². The Morgan fingerprint density at radius 2 is 1.94 bits per heavy atom. The summed E-state index contributed by atoms with van der Waals surface area (Å²) in [5.74, 6) is 1.90. The number of nitrogens with one attached hydrogen (secondary N) is 2. The van der Waals surface area contributed by atoms with Crippen LogP contribution in [0.1, 0.15) is 12.0 Å². The van der Waals surface area contributed by atoms with Crippen molar-refractivity contribution in [3.05, 3.63) is 53.2 Å². The molecule has 1 unspecified atom stereocenters. The van der Waals surface area contributed by atoms with Gasteiger partial charge in [-0.1, -0.05) is 23.7 Å². The summed E-state index contributed by atoms with van der Waals surface area (Å²) in [7, 11) is 3.99. The van der Waals surface area contributed by atoms with Gasteiger partial charge in [0.1, 0.15) is 5.82 Å². The summed E-state index contributed by atoms with van der Waals surface area (Å²) in [5, 5.41) is 7.84. The number of likely N-dealkylation sites (N-methyl/N-ethyl adjacent to an activating group) is 1. The molecule has 1 aromatic heterocycles. The van der Waals surface area contributed by atoms with Crippen LogP contribution in [0.15, 0.2) is 47.6 Å². The molecule has 32 heavy (non-hydrogen) atoms. The molecule has 2 aliphatic rings. The number of aromatic nitrogens is 1. The zero-order chi connectivity index (χ0) is 21.6. The fourth-order valence-corrected chi connectivity index (χ4v) is 4.41. The van der Waals surface area contributed by atoms with E-state index in [1.165, 1.54) is 11.3 Å². The maximum absolute atomic E-state index is 6.16. The molecule has 0 amide bonds. The normalized spacial score (nSPS) is 19.6. The van der Waals surface area contributed by atoms with Gasteiger partial charge in [0, 0.05) is 81.4 Å². The van der Waals surface area contributed by atoms with Crippen LogP contribution in [-0.2, 0) is 6.54 Å². The second-order valence-electron chi connectivity index (χ2n) is 8.26. The number of rotatable bonds is 5. The fraction of sp³-hybridized carbons (Fsp3) is 0.478. The van der Waals surface area contributed by atoms with E-state index in [4.69, 9.17) is 11.6 Å². The largest absolute Gasteiger partial charge is 0.369 e. The summed E-state index contributed by atoms with van der Waals surface area (Å²) in [6.07, 6.45) is 2.94. The summed E-state index contributed by atoms with van der Waals surface area (Å²) in [4.78, 5) is 16.2. The number of pyridine rings is 1. The Morgan fingerprint density at radius 3 is 2.69 bits per heavy atom. The molecule has 0 aliphatic carbocycles. The highest BCUT2D eigenvalue weighted by molar-refractivity contribution is 14.0. The molecule has 1 atom stereocenters. The lowest BCUT2D eigenvalue weighted by atomic mass is 10.2. The van der Waals surface area contributed by atoms with E-state index >= 15 is 0 Å². The van der Waals surface area contributed by atoms with Crippen molar-refractivity contribution in [3.8, 4) is 0 Å². The first-order chi connectivity index (χ1) is 15.1. The predicted octanol–water partition coefficient (Wildman–Crippen LogP) is 3.05. The first kappa shape index (κ1) is 24.9. The van der Waals surface area contributed by atoms with Crippen molar-refractivity contribution >= 4 is 53.0 Å². The van der Waals surface area contributed by atoms with Gasteiger partial charge in [-0.15, -0.1) is 24.0 Å². The third kappa shape index (κ3) is 6.39. The predicted molar refractivity (Wildman–Crippen MR) is 145 cm³/mol. The number of aliphatic imine (C=N–C) groups is 1. The number of benzene rings is 1. The third-order valence-electron chi connectivity index (χ3n) is 6.04. The molecule has 9 heteroatoms. The Bertz CT molecular complexity index is 901. The van der Waals surface area contributed by atoms with E-state index in [2.05, 4.69) is 54.5 Å². The zero-order valence-corrected chi connectivity index (χ0v) is 21.9. The number of piperazine rings is 1. The van der Waals surface area contributed by atoms with Crippen LogP contribution in [0.3, 0.4) is 0 Å². The Hall–Kier alpha value is -1.78. The average Bonchev–Trinajstić information content (AvgIpc) is 3.26. The first-order valence-electron chi connectivity index (χ1n) is 11.0. The molecule has 0 saturated carbocycles. The molecule has 2 aliphatic heterocycles. The Balaban J connectivity index is 0.00000289. The monoisotopic (exact) mass is 569 g/mol. The van der Waals surface area contributed by atoms with Gasteiger partial charge >= 0.3 is 0 Å². The van der Waals surface area contributed by atoms with Crippen LogP contribution >= 0.6 is 35.6 Å². The van der Waals surface area contributed by atoms with E-state index in [0.29, 0.717) is 12.6 Å². The molecule has 7 nitrogen and oxygen atoms in total. The fourth-order valence-electron chi connectivity index (χ4n) is 4.22. The standard InChI is InChI=1S/C23H32ClN7.HI/c1-25-23(28-20-8-10-31(17-20)21-7-3-6-19(24)15-21)27-16-18-5-4-9-26-22(18)30-13-11-29(2)12-14-30;/h3-7,9,15,20H,8,10-14,16-17H2,1-2H3,(H2,25,27,28);1H. The van der Waals surface area contributed by atoms with Gasteiger partial charge in [-0.05, 0) is 37.7 Å². The number of guanidine groups is 1. The van der Waals surface area contributed by atoms with E-state index in [1.54, 1.807) is 0 Å². The number of anilines is 2. The minimum absolute atomic E-state index is 0. The quantitative estimate of drug-likeness (QED) is 0.328. The topological polar surface area (TPSA) is 59.0 Å². The number of nitrogens with zero attached hydrogens (tertiary/aromatic N) is 5. The van der Waals surface area contributed by atoms with Crippen LogP contribution < -0.4 is 20.4 Å². The second kappa shape index (κ2) is 11.9. The maximum Gasteiger partial charge on any atom is 0.191 e. The van der Waals surface area contributed by atoms with Crippen LogP contribution in [0.5, 0.6) is 0 Å². The second-order valence-corrected chi connectivity index (χ2v) is 8.69. The molecule has 2 aromatic rings. The molecule has 4 rings (SSSR count). The van der Waals surface area contributed by atoms with Crippen molar-refractivity contribution < 1.29 is 0 Å². The Morgan fingerprint density at radius 1 is 1.12 bits per heavy atom. The van der Waals surface area contributed by atoms with Crippen LogP contribution in [0.25, 0.3) is 0 Å². The lowest BCUT2D eigenvalue weighted by Gasteiger charge is -2.34. The molecule has 0 radical (unpaired) electrons. The van der Waals surface area contributed by atoms with E-state index < -0.39 is 0 Å². The van der Waals surface area contributed by atoms with Crippen LogP contribution in [0, 0.1) is 0 Å². The third-order valence-corrected chi connectivity index (χ3v) is 6.28. The molecule has 174 valence electrons. The van der Waals surface area contributed by atoms with Crippen molar-refractivity contribution in [2.75, 3.05) is 63.2 Å². The summed E-state index contributed by atoms with van der Waals surface area (Å²) in [6, 6.07) is 12.6. The van der Waals surface area contributed by atoms with Crippen LogP contribution in [0.2, 0.25) is 5.02 Å². The highest BCUT2D eigenvalue weighted by Crippen LogP contribution is 2.23. The van der Waals surface area contributed by atoms with Crippen molar-refractivity contribution in [1.29, 1.82) is 0 Å². The van der Waals surface area contributed by atoms with Crippen molar-refractivity contribution in [2.45, 2.75) is 19.0 Å². The van der Waals surface area contributed by atoms with Crippen molar-refractivity contribution in [2.24, 2.45) is 4.99 Å². The highest BCUT2D eigenvalue weighted by atomic mass is 127. The molecule has 0 spiro atoms. The Labute approximate surface area is 213 Å². The summed E-state index contributed by atoms with van der Waals surface area (Å²) in [5.41, 5.74) is 2.37. The van der Waals surface area contributed by atoms with Gasteiger partial charge in [-0.2, -0.15) is 0 Å². The zero-order valence-electron chi connectivity index (χ0n) is 18.8. The van der Waals surface area contributed by atoms with Gasteiger partial charge < -0.3 is 25.3 Å². The van der Waals surface area contributed by atoms with Gasteiger partial charge in [0.05, 0.1) is 0 Å². The lowest BCUT2D eigenvalue weighted by Crippen LogP contribution is -2.46. The summed E-state index contributed by atoms with van der Waals surface area (Å²) >= 11 is 6.16. The molecule has 3 heterocycles. The number of halogens is 2. The molecule has 2 saturated heterocycles. The van der Waals surface area contributed by atoms with Gasteiger partial charge in [-0.3, -0.25) is 4.99 Å².